The normalized spacial score (nSPS) is 15.7. The summed E-state index contributed by atoms with van der Waals surface area (Å²) in [4.78, 5) is 6.58. The van der Waals surface area contributed by atoms with E-state index < -0.39 is 5.82 Å². The largest absolute Gasteiger partial charge is 0.434 e. The number of rotatable bonds is 4. The van der Waals surface area contributed by atoms with Gasteiger partial charge in [-0.3, -0.25) is 4.90 Å². The number of benzene rings is 1. The van der Waals surface area contributed by atoms with Crippen molar-refractivity contribution >= 4 is 5.52 Å². The molecule has 1 aliphatic rings. The fourth-order valence-corrected chi connectivity index (χ4v) is 2.93. The highest BCUT2D eigenvalue weighted by molar-refractivity contribution is 5.63. The van der Waals surface area contributed by atoms with Crippen LogP contribution in [0.4, 0.5) is 4.39 Å². The Morgan fingerprint density at radius 3 is 2.83 bits per heavy atom. The summed E-state index contributed by atoms with van der Waals surface area (Å²) in [5.74, 6) is 0.113. The number of hydrogen-bond donors (Lipinski definition) is 1. The van der Waals surface area contributed by atoms with Crippen LogP contribution >= 0.6 is 0 Å². The predicted octanol–water partition coefficient (Wildman–Crippen LogP) is 2.07. The fourth-order valence-electron chi connectivity index (χ4n) is 2.93. The van der Waals surface area contributed by atoms with Crippen molar-refractivity contribution in [2.75, 3.05) is 26.2 Å². The van der Waals surface area contributed by atoms with Gasteiger partial charge in [0.05, 0.1) is 0 Å². The SMILES string of the molecule is Fc1ccccc1Oc1ncnn2ccc(CN3CCNCC3)c12. The summed E-state index contributed by atoms with van der Waals surface area (Å²) in [6, 6.07) is 8.34. The second kappa shape index (κ2) is 6.54. The van der Waals surface area contributed by atoms with Crippen molar-refractivity contribution in [1.82, 2.24) is 24.8 Å². The van der Waals surface area contributed by atoms with E-state index in [1.807, 2.05) is 12.3 Å². The molecule has 124 valence electrons. The Morgan fingerprint density at radius 1 is 1.17 bits per heavy atom. The summed E-state index contributed by atoms with van der Waals surface area (Å²) in [5, 5.41) is 7.56. The molecule has 3 heterocycles. The third-order valence-corrected chi connectivity index (χ3v) is 4.15. The molecule has 0 spiro atoms. The van der Waals surface area contributed by atoms with Crippen LogP contribution in [-0.4, -0.2) is 45.7 Å². The summed E-state index contributed by atoms with van der Waals surface area (Å²) in [5.41, 5.74) is 1.85. The van der Waals surface area contributed by atoms with Gasteiger partial charge >= 0.3 is 0 Å². The maximum Gasteiger partial charge on any atom is 0.247 e. The predicted molar refractivity (Wildman–Crippen MR) is 87.6 cm³/mol. The highest BCUT2D eigenvalue weighted by Gasteiger charge is 2.17. The van der Waals surface area contributed by atoms with Crippen molar-refractivity contribution in [2.45, 2.75) is 6.54 Å². The molecule has 1 N–H and O–H groups in total. The van der Waals surface area contributed by atoms with Gasteiger partial charge in [0.2, 0.25) is 5.88 Å². The van der Waals surface area contributed by atoms with E-state index in [4.69, 9.17) is 4.74 Å². The van der Waals surface area contributed by atoms with E-state index in [0.29, 0.717) is 5.88 Å². The average Bonchev–Trinajstić information content (AvgIpc) is 3.02. The van der Waals surface area contributed by atoms with Crippen molar-refractivity contribution in [3.63, 3.8) is 0 Å². The van der Waals surface area contributed by atoms with E-state index in [1.165, 1.54) is 12.4 Å². The highest BCUT2D eigenvalue weighted by Crippen LogP contribution is 2.28. The smallest absolute Gasteiger partial charge is 0.247 e. The van der Waals surface area contributed by atoms with Gasteiger partial charge in [0.1, 0.15) is 11.8 Å². The quantitative estimate of drug-likeness (QED) is 0.795. The summed E-state index contributed by atoms with van der Waals surface area (Å²) >= 11 is 0. The van der Waals surface area contributed by atoms with Gasteiger partial charge in [-0.05, 0) is 23.8 Å². The van der Waals surface area contributed by atoms with Gasteiger partial charge in [-0.1, -0.05) is 12.1 Å². The standard InChI is InChI=1S/C17H18FN5O/c18-14-3-1-2-4-15(14)24-17-16-13(5-8-23(16)21-12-20-17)11-22-9-6-19-7-10-22/h1-5,8,12,19H,6-7,9-11H2. The van der Waals surface area contributed by atoms with E-state index in [9.17, 15) is 4.39 Å². The second-order valence-electron chi connectivity index (χ2n) is 5.76. The minimum absolute atomic E-state index is 0.160. The maximum atomic E-state index is 13.9. The van der Waals surface area contributed by atoms with E-state index >= 15 is 0 Å². The lowest BCUT2D eigenvalue weighted by Gasteiger charge is -2.26. The molecule has 4 rings (SSSR count). The van der Waals surface area contributed by atoms with Crippen LogP contribution < -0.4 is 10.1 Å². The first-order valence-corrected chi connectivity index (χ1v) is 7.98. The van der Waals surface area contributed by atoms with Gasteiger partial charge in [0.15, 0.2) is 11.6 Å². The second-order valence-corrected chi connectivity index (χ2v) is 5.76. The molecule has 7 heteroatoms. The van der Waals surface area contributed by atoms with E-state index in [1.54, 1.807) is 22.7 Å². The van der Waals surface area contributed by atoms with Gasteiger partial charge in [0, 0.05) is 38.9 Å². The molecule has 2 aromatic heterocycles. The Labute approximate surface area is 138 Å². The highest BCUT2D eigenvalue weighted by atomic mass is 19.1. The number of halogens is 1. The first-order valence-electron chi connectivity index (χ1n) is 7.98. The Morgan fingerprint density at radius 2 is 2.00 bits per heavy atom. The van der Waals surface area contributed by atoms with E-state index in [0.717, 1.165) is 43.8 Å². The van der Waals surface area contributed by atoms with Crippen molar-refractivity contribution < 1.29 is 9.13 Å². The Bertz CT molecular complexity index is 844. The fraction of sp³-hybridized carbons (Fsp3) is 0.294. The first kappa shape index (κ1) is 15.0. The molecule has 24 heavy (non-hydrogen) atoms. The molecule has 1 aromatic carbocycles. The molecule has 1 aliphatic heterocycles. The van der Waals surface area contributed by atoms with Crippen LogP contribution in [0, 0.1) is 5.82 Å². The molecule has 0 amide bonds. The Kier molecular flexibility index (Phi) is 4.10. The molecular weight excluding hydrogens is 309 g/mol. The topological polar surface area (TPSA) is 54.7 Å². The van der Waals surface area contributed by atoms with Crippen molar-refractivity contribution in [1.29, 1.82) is 0 Å². The van der Waals surface area contributed by atoms with Crippen LogP contribution in [0.3, 0.4) is 0 Å². The summed E-state index contributed by atoms with van der Waals surface area (Å²) in [7, 11) is 0. The first-order chi connectivity index (χ1) is 11.8. The van der Waals surface area contributed by atoms with Crippen LogP contribution in [0.5, 0.6) is 11.6 Å². The summed E-state index contributed by atoms with van der Waals surface area (Å²) < 4.78 is 21.3. The molecular formula is C17H18FN5O. The lowest BCUT2D eigenvalue weighted by molar-refractivity contribution is 0.234. The molecule has 0 radical (unpaired) electrons. The van der Waals surface area contributed by atoms with Crippen molar-refractivity contribution in [2.24, 2.45) is 0 Å². The van der Waals surface area contributed by atoms with Crippen LogP contribution in [0.25, 0.3) is 5.52 Å². The van der Waals surface area contributed by atoms with Gasteiger partial charge in [-0.15, -0.1) is 0 Å². The van der Waals surface area contributed by atoms with E-state index in [-0.39, 0.29) is 5.75 Å². The van der Waals surface area contributed by atoms with Crippen molar-refractivity contribution in [3.8, 4) is 11.6 Å². The number of nitrogens with one attached hydrogen (secondary N) is 1. The van der Waals surface area contributed by atoms with Crippen LogP contribution in [0.2, 0.25) is 0 Å². The monoisotopic (exact) mass is 327 g/mol. The zero-order chi connectivity index (χ0) is 16.4. The molecule has 1 saturated heterocycles. The Hall–Kier alpha value is -2.51. The number of piperazine rings is 1. The van der Waals surface area contributed by atoms with Crippen LogP contribution in [0.1, 0.15) is 5.56 Å². The van der Waals surface area contributed by atoms with Gasteiger partial charge in [0.25, 0.3) is 0 Å². The number of para-hydroxylation sites is 1. The molecule has 0 aliphatic carbocycles. The number of fused-ring (bicyclic) bond motifs is 1. The molecule has 0 bridgehead atoms. The zero-order valence-electron chi connectivity index (χ0n) is 13.2. The molecule has 0 saturated carbocycles. The van der Waals surface area contributed by atoms with Crippen LogP contribution in [-0.2, 0) is 6.54 Å². The number of ether oxygens (including phenoxy) is 1. The molecule has 0 atom stereocenters. The van der Waals surface area contributed by atoms with Gasteiger partial charge in [-0.25, -0.2) is 8.91 Å². The van der Waals surface area contributed by atoms with Crippen molar-refractivity contribution in [3.05, 3.63) is 54.2 Å². The molecule has 0 unspecified atom stereocenters. The van der Waals surface area contributed by atoms with E-state index in [2.05, 4.69) is 20.3 Å². The zero-order valence-corrected chi connectivity index (χ0v) is 13.2. The number of nitrogens with zero attached hydrogens (tertiary/aromatic N) is 4. The minimum atomic E-state index is -0.413. The van der Waals surface area contributed by atoms with Gasteiger partial charge < -0.3 is 10.1 Å². The lowest BCUT2D eigenvalue weighted by Crippen LogP contribution is -2.42. The minimum Gasteiger partial charge on any atom is -0.434 e. The third-order valence-electron chi connectivity index (χ3n) is 4.15. The summed E-state index contributed by atoms with van der Waals surface area (Å²) in [6.45, 7) is 4.75. The maximum absolute atomic E-state index is 13.9. The van der Waals surface area contributed by atoms with Gasteiger partial charge in [-0.2, -0.15) is 10.1 Å². The molecule has 3 aromatic rings. The lowest BCUT2D eigenvalue weighted by atomic mass is 10.2. The Balaban J connectivity index is 1.67. The molecule has 1 fully saturated rings. The van der Waals surface area contributed by atoms with Crippen LogP contribution in [0.15, 0.2) is 42.9 Å². The third kappa shape index (κ3) is 2.95. The molecule has 6 nitrogen and oxygen atoms in total. The number of hydrogen-bond acceptors (Lipinski definition) is 5. The average molecular weight is 327 g/mol. The number of aromatic nitrogens is 3. The summed E-state index contributed by atoms with van der Waals surface area (Å²) in [6.07, 6.45) is 3.29.